The van der Waals surface area contributed by atoms with Crippen molar-refractivity contribution in [3.8, 4) is 11.5 Å². The molecule has 39 heavy (non-hydrogen) atoms. The van der Waals surface area contributed by atoms with E-state index in [4.69, 9.17) is 9.47 Å². The number of piperidine rings is 1. The number of hydrogen-bond acceptors (Lipinski definition) is 7. The lowest BCUT2D eigenvalue weighted by Gasteiger charge is -2.27. The molecule has 0 saturated carbocycles. The van der Waals surface area contributed by atoms with E-state index < -0.39 is 11.1 Å². The van der Waals surface area contributed by atoms with Crippen LogP contribution in [0.5, 0.6) is 11.5 Å². The molecule has 2 aliphatic rings. The highest BCUT2D eigenvalue weighted by molar-refractivity contribution is 8.18. The number of ether oxygens (including phenoxy) is 2. The van der Waals surface area contributed by atoms with Gasteiger partial charge in [-0.05, 0) is 92.8 Å². The summed E-state index contributed by atoms with van der Waals surface area (Å²) in [7, 11) is 0. The molecule has 0 bridgehead atoms. The molecule has 0 aromatic heterocycles. The maximum atomic E-state index is 12.9. The molecule has 1 N–H and O–H groups in total. The summed E-state index contributed by atoms with van der Waals surface area (Å²) in [6.45, 7) is 6.98. The highest BCUT2D eigenvalue weighted by Gasteiger charge is 2.37. The highest BCUT2D eigenvalue weighted by Crippen LogP contribution is 2.35. The van der Waals surface area contributed by atoms with Crippen LogP contribution in [0.2, 0.25) is 0 Å². The molecule has 2 aromatic rings. The molecule has 0 aliphatic carbocycles. The van der Waals surface area contributed by atoms with Crippen LogP contribution in [0.3, 0.4) is 0 Å². The number of aryl methyl sites for hydroxylation is 1. The molecule has 206 valence electrons. The van der Waals surface area contributed by atoms with Crippen LogP contribution < -0.4 is 14.8 Å². The zero-order valence-electron chi connectivity index (χ0n) is 22.5. The van der Waals surface area contributed by atoms with E-state index >= 15 is 0 Å². The largest absolute Gasteiger partial charge is 0.490 e. The number of carbonyl (C=O) groups is 4. The van der Waals surface area contributed by atoms with E-state index in [9.17, 15) is 19.2 Å². The fourth-order valence-corrected chi connectivity index (χ4v) is 5.22. The molecule has 2 aliphatic heterocycles. The van der Waals surface area contributed by atoms with Crippen molar-refractivity contribution in [1.29, 1.82) is 0 Å². The van der Waals surface area contributed by atoms with Gasteiger partial charge in [0.15, 0.2) is 18.1 Å². The van der Waals surface area contributed by atoms with Gasteiger partial charge in [-0.15, -0.1) is 0 Å². The highest BCUT2D eigenvalue weighted by atomic mass is 32.2. The lowest BCUT2D eigenvalue weighted by molar-refractivity contribution is -0.136. The van der Waals surface area contributed by atoms with E-state index in [1.165, 1.54) is 0 Å². The second-order valence-corrected chi connectivity index (χ2v) is 10.4. The Morgan fingerprint density at radius 3 is 2.54 bits per heavy atom. The van der Waals surface area contributed by atoms with Gasteiger partial charge in [0.25, 0.3) is 17.1 Å². The van der Waals surface area contributed by atoms with Gasteiger partial charge in [0.1, 0.15) is 6.54 Å². The number of likely N-dealkylation sites (tertiary alicyclic amines) is 1. The van der Waals surface area contributed by atoms with Crippen LogP contribution in [0.1, 0.15) is 42.9 Å². The molecule has 0 unspecified atom stereocenters. The molecule has 4 amide bonds. The van der Waals surface area contributed by atoms with Gasteiger partial charge in [-0.25, -0.2) is 0 Å². The molecular formula is C29H33N3O6S. The lowest BCUT2D eigenvalue weighted by Crippen LogP contribution is -2.44. The zero-order valence-corrected chi connectivity index (χ0v) is 23.3. The van der Waals surface area contributed by atoms with Gasteiger partial charge in [-0.3, -0.25) is 24.1 Å². The summed E-state index contributed by atoms with van der Waals surface area (Å²) < 4.78 is 11.5. The monoisotopic (exact) mass is 551 g/mol. The van der Waals surface area contributed by atoms with Crippen molar-refractivity contribution in [1.82, 2.24) is 9.80 Å². The van der Waals surface area contributed by atoms with Crippen LogP contribution in [-0.4, -0.2) is 65.6 Å². The van der Waals surface area contributed by atoms with E-state index in [-0.39, 0.29) is 29.9 Å². The second kappa shape index (κ2) is 12.8. The van der Waals surface area contributed by atoms with Crippen molar-refractivity contribution in [2.45, 2.75) is 40.0 Å². The van der Waals surface area contributed by atoms with E-state index in [0.29, 0.717) is 36.8 Å². The molecule has 2 heterocycles. The fraction of sp³-hybridized carbons (Fsp3) is 0.379. The summed E-state index contributed by atoms with van der Waals surface area (Å²) in [5.74, 6) is -0.213. The molecule has 2 saturated heterocycles. The standard InChI is InChI=1S/C29H33N3O6S/c1-4-37-24-15-21(11-12-23(24)38-18-26(33)30-22-10-8-9-19(2)20(22)3)16-25-28(35)32(29(36)39-25)17-27(34)31-13-6-5-7-14-31/h8-12,15-16H,4-7,13-14,17-18H2,1-3H3,(H,30,33)/b25-16-. The topological polar surface area (TPSA) is 105 Å². The Morgan fingerprint density at radius 1 is 1.03 bits per heavy atom. The molecule has 2 fully saturated rings. The number of amides is 4. The molecule has 9 nitrogen and oxygen atoms in total. The Hall–Kier alpha value is -3.79. The molecule has 0 radical (unpaired) electrons. The number of thioether (sulfide) groups is 1. The summed E-state index contributed by atoms with van der Waals surface area (Å²) in [6.07, 6.45) is 4.55. The Morgan fingerprint density at radius 2 is 1.79 bits per heavy atom. The average molecular weight is 552 g/mol. The number of anilines is 1. The van der Waals surface area contributed by atoms with Crippen molar-refractivity contribution in [2.24, 2.45) is 0 Å². The molecule has 0 spiro atoms. The van der Waals surface area contributed by atoms with E-state index in [1.807, 2.05) is 39.0 Å². The number of nitrogens with one attached hydrogen (secondary N) is 1. The Kier molecular flexibility index (Phi) is 9.29. The van der Waals surface area contributed by atoms with Gasteiger partial charge in [-0.1, -0.05) is 18.2 Å². The summed E-state index contributed by atoms with van der Waals surface area (Å²) in [5, 5.41) is 2.40. The maximum Gasteiger partial charge on any atom is 0.294 e. The number of nitrogens with zero attached hydrogens (tertiary/aromatic N) is 2. The summed E-state index contributed by atoms with van der Waals surface area (Å²) in [5.41, 5.74) is 3.42. The first kappa shape index (κ1) is 28.2. The van der Waals surface area contributed by atoms with E-state index in [2.05, 4.69) is 5.32 Å². The lowest BCUT2D eigenvalue weighted by atomic mass is 10.1. The Balaban J connectivity index is 1.41. The minimum absolute atomic E-state index is 0.208. The third-order valence-electron chi connectivity index (χ3n) is 6.68. The van der Waals surface area contributed by atoms with Gasteiger partial charge >= 0.3 is 0 Å². The van der Waals surface area contributed by atoms with E-state index in [0.717, 1.165) is 52.7 Å². The predicted octanol–water partition coefficient (Wildman–Crippen LogP) is 4.77. The van der Waals surface area contributed by atoms with Gasteiger partial charge in [0, 0.05) is 18.8 Å². The van der Waals surface area contributed by atoms with Crippen LogP contribution in [0.4, 0.5) is 10.5 Å². The van der Waals surface area contributed by atoms with Crippen molar-refractivity contribution < 1.29 is 28.7 Å². The summed E-state index contributed by atoms with van der Waals surface area (Å²) in [4.78, 5) is 53.5. The van der Waals surface area contributed by atoms with Crippen molar-refractivity contribution in [2.75, 3.05) is 38.2 Å². The van der Waals surface area contributed by atoms with Crippen molar-refractivity contribution in [3.63, 3.8) is 0 Å². The smallest absolute Gasteiger partial charge is 0.294 e. The molecule has 2 aromatic carbocycles. The SMILES string of the molecule is CCOc1cc(/C=C2\SC(=O)N(CC(=O)N3CCCCC3)C2=O)ccc1OCC(=O)Nc1cccc(C)c1C. The van der Waals surface area contributed by atoms with E-state index in [1.54, 1.807) is 29.2 Å². The predicted molar refractivity (Wildman–Crippen MR) is 151 cm³/mol. The van der Waals surface area contributed by atoms with Crippen molar-refractivity contribution >= 4 is 46.5 Å². The number of imide groups is 1. The fourth-order valence-electron chi connectivity index (χ4n) is 4.38. The Labute approximate surface area is 232 Å². The van der Waals surface area contributed by atoms with Gasteiger partial charge in [0.05, 0.1) is 11.5 Å². The first-order valence-electron chi connectivity index (χ1n) is 13.1. The van der Waals surface area contributed by atoms with Gasteiger partial charge < -0.3 is 19.7 Å². The first-order valence-corrected chi connectivity index (χ1v) is 13.9. The normalized spacial score (nSPS) is 16.5. The van der Waals surface area contributed by atoms with Crippen LogP contribution in [0.15, 0.2) is 41.3 Å². The van der Waals surface area contributed by atoms with Crippen LogP contribution in [0, 0.1) is 13.8 Å². The molecule has 4 rings (SSSR count). The quantitative estimate of drug-likeness (QED) is 0.448. The number of rotatable bonds is 9. The maximum absolute atomic E-state index is 12.9. The van der Waals surface area contributed by atoms with Crippen molar-refractivity contribution in [3.05, 3.63) is 58.0 Å². The summed E-state index contributed by atoms with van der Waals surface area (Å²) in [6, 6.07) is 10.8. The second-order valence-electron chi connectivity index (χ2n) is 9.43. The summed E-state index contributed by atoms with van der Waals surface area (Å²) >= 11 is 0.809. The number of hydrogen-bond donors (Lipinski definition) is 1. The minimum atomic E-state index is -0.489. The van der Waals surface area contributed by atoms with Gasteiger partial charge in [-0.2, -0.15) is 0 Å². The molecule has 0 atom stereocenters. The number of benzene rings is 2. The minimum Gasteiger partial charge on any atom is -0.490 e. The Bertz CT molecular complexity index is 1300. The van der Waals surface area contributed by atoms with Crippen LogP contribution >= 0.6 is 11.8 Å². The average Bonchev–Trinajstić information content (AvgIpc) is 3.18. The molecular weight excluding hydrogens is 518 g/mol. The van der Waals surface area contributed by atoms with Crippen LogP contribution in [0.25, 0.3) is 6.08 Å². The first-order chi connectivity index (χ1) is 18.8. The zero-order chi connectivity index (χ0) is 27.9. The van der Waals surface area contributed by atoms with Gasteiger partial charge in [0.2, 0.25) is 5.91 Å². The number of carbonyl (C=O) groups excluding carboxylic acids is 4. The molecule has 10 heteroatoms. The van der Waals surface area contributed by atoms with Crippen LogP contribution in [-0.2, 0) is 14.4 Å². The third kappa shape index (κ3) is 7.00. The third-order valence-corrected chi connectivity index (χ3v) is 7.59.